The zero-order chi connectivity index (χ0) is 25.8. The van der Waals surface area contributed by atoms with Crippen LogP contribution in [0.5, 0.6) is 11.5 Å². The number of carbonyl (C=O) groups excluding carboxylic acids is 1. The van der Waals surface area contributed by atoms with Crippen molar-refractivity contribution in [1.82, 2.24) is 0 Å². The highest BCUT2D eigenvalue weighted by molar-refractivity contribution is 5.58. The molecule has 6 heteroatoms. The number of hydrogen-bond acceptors (Lipinski definition) is 6. The first-order chi connectivity index (χ1) is 17.1. The Kier molecular flexibility index (Phi) is 25.2. The van der Waals surface area contributed by atoms with Crippen LogP contribution in [0.3, 0.4) is 0 Å². The maximum atomic E-state index is 11.4. The minimum Gasteiger partial charge on any atom is -0.508 e. The summed E-state index contributed by atoms with van der Waals surface area (Å²) in [6, 6.07) is 5.85. The van der Waals surface area contributed by atoms with E-state index in [1.807, 2.05) is 0 Å². The van der Waals surface area contributed by atoms with E-state index in [4.69, 9.17) is 19.8 Å². The van der Waals surface area contributed by atoms with Gasteiger partial charge in [0.15, 0.2) is 0 Å². The predicted octanol–water partition coefficient (Wildman–Crippen LogP) is 9.23. The van der Waals surface area contributed by atoms with E-state index in [0.717, 1.165) is 25.7 Å². The molecule has 0 amide bonds. The molecule has 0 aliphatic heterocycles. The number of hydrogen-bond donors (Lipinski definition) is 2. The Labute approximate surface area is 214 Å². The molecule has 0 saturated carbocycles. The quantitative estimate of drug-likeness (QED) is 0.0763. The average molecular weight is 497 g/mol. The second-order valence-corrected chi connectivity index (χ2v) is 9.18. The van der Waals surface area contributed by atoms with E-state index in [2.05, 4.69) is 18.7 Å². The van der Waals surface area contributed by atoms with Gasteiger partial charge in [-0.1, -0.05) is 123 Å². The summed E-state index contributed by atoms with van der Waals surface area (Å²) in [6.07, 6.45) is 21.9. The standard InChI is InChI=1S/C23H46O4.C6H6O2/c1-3-5-7-9-11-13-15-17-19-21-25-23(24)27-26-22-20-18-16-14-12-10-8-6-4-2;7-5-2-1-3-6(8)4-5/h3-22H2,1-2H3;1-4,7-8H. The van der Waals surface area contributed by atoms with Gasteiger partial charge in [-0.3, -0.25) is 4.89 Å². The van der Waals surface area contributed by atoms with Crippen LogP contribution in [0.2, 0.25) is 0 Å². The van der Waals surface area contributed by atoms with Gasteiger partial charge in [0, 0.05) is 6.07 Å². The highest BCUT2D eigenvalue weighted by Crippen LogP contribution is 2.15. The summed E-state index contributed by atoms with van der Waals surface area (Å²) in [5.41, 5.74) is 0. The van der Waals surface area contributed by atoms with Gasteiger partial charge in [-0.15, -0.1) is 0 Å². The van der Waals surface area contributed by atoms with Gasteiger partial charge < -0.3 is 14.9 Å². The van der Waals surface area contributed by atoms with Crippen LogP contribution < -0.4 is 0 Å². The Bertz CT molecular complexity index is 561. The number of rotatable bonds is 21. The van der Waals surface area contributed by atoms with Gasteiger partial charge in [0.05, 0.1) is 13.2 Å². The minimum atomic E-state index is -0.703. The van der Waals surface area contributed by atoms with Crippen LogP contribution in [0.4, 0.5) is 4.79 Å². The summed E-state index contributed by atoms with van der Waals surface area (Å²) < 4.78 is 5.01. The topological polar surface area (TPSA) is 85.2 Å². The Morgan fingerprint density at radius 2 is 1.03 bits per heavy atom. The van der Waals surface area contributed by atoms with Crippen LogP contribution >= 0.6 is 0 Å². The third-order valence-corrected chi connectivity index (χ3v) is 5.76. The molecule has 0 spiro atoms. The molecule has 0 unspecified atom stereocenters. The van der Waals surface area contributed by atoms with Crippen molar-refractivity contribution in [3.05, 3.63) is 24.3 Å². The molecule has 0 radical (unpaired) electrons. The second-order valence-electron chi connectivity index (χ2n) is 9.18. The molecule has 0 aromatic heterocycles. The van der Waals surface area contributed by atoms with E-state index >= 15 is 0 Å². The zero-order valence-electron chi connectivity index (χ0n) is 22.5. The highest BCUT2D eigenvalue weighted by Gasteiger charge is 2.04. The smallest absolute Gasteiger partial charge is 0.508 e. The van der Waals surface area contributed by atoms with Crippen molar-refractivity contribution in [3.63, 3.8) is 0 Å². The molecule has 0 heterocycles. The normalized spacial score (nSPS) is 10.5. The first-order valence-electron chi connectivity index (χ1n) is 14.0. The maximum Gasteiger partial charge on any atom is 0.540 e. The largest absolute Gasteiger partial charge is 0.540 e. The number of carbonyl (C=O) groups is 1. The van der Waals surface area contributed by atoms with Crippen LogP contribution in [0.1, 0.15) is 129 Å². The van der Waals surface area contributed by atoms with E-state index in [1.165, 1.54) is 108 Å². The lowest BCUT2D eigenvalue weighted by Crippen LogP contribution is -2.09. The molecule has 204 valence electrons. The minimum absolute atomic E-state index is 0.0880. The fourth-order valence-electron chi connectivity index (χ4n) is 3.65. The molecule has 0 atom stereocenters. The summed E-state index contributed by atoms with van der Waals surface area (Å²) in [5.74, 6) is 0.176. The van der Waals surface area contributed by atoms with E-state index in [-0.39, 0.29) is 11.5 Å². The van der Waals surface area contributed by atoms with Crippen molar-refractivity contribution in [2.45, 2.75) is 129 Å². The first-order valence-corrected chi connectivity index (χ1v) is 14.0. The fourth-order valence-corrected chi connectivity index (χ4v) is 3.65. The molecule has 1 rings (SSSR count). The highest BCUT2D eigenvalue weighted by atomic mass is 17.2. The van der Waals surface area contributed by atoms with Crippen molar-refractivity contribution in [2.75, 3.05) is 13.2 Å². The van der Waals surface area contributed by atoms with E-state index < -0.39 is 6.16 Å². The Balaban J connectivity index is 0.00000121. The monoisotopic (exact) mass is 496 g/mol. The van der Waals surface area contributed by atoms with Crippen molar-refractivity contribution < 1.29 is 29.5 Å². The maximum absolute atomic E-state index is 11.4. The molecule has 0 fully saturated rings. The lowest BCUT2D eigenvalue weighted by molar-refractivity contribution is -0.255. The molecule has 0 aliphatic rings. The Morgan fingerprint density at radius 1 is 0.629 bits per heavy atom. The fraction of sp³-hybridized carbons (Fsp3) is 0.759. The molecule has 0 saturated heterocycles. The van der Waals surface area contributed by atoms with Gasteiger partial charge in [-0.05, 0) is 25.0 Å². The van der Waals surface area contributed by atoms with Crippen molar-refractivity contribution in [2.24, 2.45) is 0 Å². The summed E-state index contributed by atoms with van der Waals surface area (Å²) in [4.78, 5) is 20.9. The molecule has 6 nitrogen and oxygen atoms in total. The third kappa shape index (κ3) is 26.5. The zero-order valence-corrected chi connectivity index (χ0v) is 22.5. The lowest BCUT2D eigenvalue weighted by atomic mass is 10.1. The van der Waals surface area contributed by atoms with Crippen LogP contribution in [-0.4, -0.2) is 29.6 Å². The van der Waals surface area contributed by atoms with Crippen molar-refractivity contribution >= 4 is 6.16 Å². The van der Waals surface area contributed by atoms with Crippen LogP contribution in [0.15, 0.2) is 24.3 Å². The van der Waals surface area contributed by atoms with Gasteiger partial charge in [-0.2, -0.15) is 4.89 Å². The van der Waals surface area contributed by atoms with Gasteiger partial charge in [0.25, 0.3) is 0 Å². The summed E-state index contributed by atoms with van der Waals surface area (Å²) >= 11 is 0. The van der Waals surface area contributed by atoms with Crippen molar-refractivity contribution in [1.29, 1.82) is 0 Å². The summed E-state index contributed by atoms with van der Waals surface area (Å²) in [7, 11) is 0. The average Bonchev–Trinajstić information content (AvgIpc) is 2.84. The SMILES string of the molecule is CCCCCCCCCCCOOC(=O)OCCCCCCCCCCC.Oc1cccc(O)c1. The lowest BCUT2D eigenvalue weighted by Gasteiger charge is -2.05. The number of aromatic hydroxyl groups is 2. The predicted molar refractivity (Wildman–Crippen MR) is 143 cm³/mol. The van der Waals surface area contributed by atoms with Crippen molar-refractivity contribution in [3.8, 4) is 11.5 Å². The molecule has 1 aromatic carbocycles. The molecule has 0 bridgehead atoms. The summed E-state index contributed by atoms with van der Waals surface area (Å²) in [5, 5.41) is 17.3. The van der Waals surface area contributed by atoms with Gasteiger partial charge in [0.1, 0.15) is 11.5 Å². The Morgan fingerprint density at radius 3 is 1.43 bits per heavy atom. The third-order valence-electron chi connectivity index (χ3n) is 5.76. The number of benzene rings is 1. The number of phenolic OH excluding ortho intramolecular Hbond substituents is 2. The molecule has 1 aromatic rings. The molecule has 2 N–H and O–H groups in total. The van der Waals surface area contributed by atoms with Gasteiger partial charge in [-0.25, -0.2) is 4.79 Å². The second kappa shape index (κ2) is 26.7. The van der Waals surface area contributed by atoms with E-state index in [9.17, 15) is 4.79 Å². The Hall–Kier alpha value is -1.95. The van der Waals surface area contributed by atoms with Crippen LogP contribution in [-0.2, 0) is 14.5 Å². The molecular weight excluding hydrogens is 444 g/mol. The van der Waals surface area contributed by atoms with E-state index in [1.54, 1.807) is 6.07 Å². The first kappa shape index (κ1) is 33.0. The van der Waals surface area contributed by atoms with Gasteiger partial charge in [0.2, 0.25) is 0 Å². The van der Waals surface area contributed by atoms with Gasteiger partial charge >= 0.3 is 6.16 Å². The van der Waals surface area contributed by atoms with Crippen LogP contribution in [0, 0.1) is 0 Å². The molecular formula is C29H52O6. The molecule has 0 aliphatic carbocycles. The molecule has 35 heavy (non-hydrogen) atoms. The number of ether oxygens (including phenoxy) is 1. The number of phenols is 2. The van der Waals surface area contributed by atoms with E-state index in [0.29, 0.717) is 13.2 Å². The number of unbranched alkanes of at least 4 members (excludes halogenated alkanes) is 16. The van der Waals surface area contributed by atoms with Crippen LogP contribution in [0.25, 0.3) is 0 Å². The summed E-state index contributed by atoms with van der Waals surface area (Å²) in [6.45, 7) is 5.38.